The van der Waals surface area contributed by atoms with Gasteiger partial charge in [0.15, 0.2) is 25.2 Å². The zero-order chi connectivity index (χ0) is 33.3. The van der Waals surface area contributed by atoms with Gasteiger partial charge in [-0.15, -0.1) is 0 Å². The zero-order valence-electron chi connectivity index (χ0n) is 24.3. The van der Waals surface area contributed by atoms with E-state index in [1.165, 1.54) is 6.92 Å². The highest BCUT2D eigenvalue weighted by molar-refractivity contribution is 5.73. The number of carbonyl (C=O) groups is 1. The molecule has 4 saturated heterocycles. The summed E-state index contributed by atoms with van der Waals surface area (Å²) < 4.78 is 39.4. The van der Waals surface area contributed by atoms with Gasteiger partial charge in [-0.3, -0.25) is 4.79 Å². The normalized spacial score (nSPS) is 51.1. The molecule has 0 unspecified atom stereocenters. The van der Waals surface area contributed by atoms with E-state index in [9.17, 15) is 61.0 Å². The fourth-order valence-electron chi connectivity index (χ4n) is 5.58. The van der Waals surface area contributed by atoms with Crippen molar-refractivity contribution in [3.8, 4) is 0 Å². The van der Waals surface area contributed by atoms with Crippen LogP contribution in [0.4, 0.5) is 0 Å². The molecule has 0 saturated carbocycles. The quantitative estimate of drug-likeness (QED) is 0.109. The van der Waals surface area contributed by atoms with Crippen LogP contribution >= 0.6 is 0 Å². The molecule has 4 rings (SSSR count). The Bertz CT molecular complexity index is 965. The minimum Gasteiger partial charge on any atom is -0.394 e. The van der Waals surface area contributed by atoms with Gasteiger partial charge in [-0.05, 0) is 6.92 Å². The van der Waals surface area contributed by atoms with Gasteiger partial charge in [0.05, 0.1) is 25.9 Å². The second kappa shape index (κ2) is 15.3. The van der Waals surface area contributed by atoms with Gasteiger partial charge in [0.25, 0.3) is 0 Å². The third kappa shape index (κ3) is 7.74. The molecule has 0 bridgehead atoms. The first kappa shape index (κ1) is 36.6. The first-order valence-electron chi connectivity index (χ1n) is 14.4. The monoisotopic (exact) mass is 661 g/mol. The summed E-state index contributed by atoms with van der Waals surface area (Å²) in [4.78, 5) is 12.1. The minimum atomic E-state index is -1.92. The van der Waals surface area contributed by atoms with Crippen LogP contribution in [0, 0.1) is 0 Å². The van der Waals surface area contributed by atoms with Gasteiger partial charge in [-0.1, -0.05) is 0 Å². The van der Waals surface area contributed by atoms with Gasteiger partial charge in [0.2, 0.25) is 5.91 Å². The molecule has 20 nitrogen and oxygen atoms in total. The Balaban J connectivity index is 1.68. The Kier molecular flexibility index (Phi) is 12.5. The Morgan fingerprint density at radius 2 is 1.27 bits per heavy atom. The van der Waals surface area contributed by atoms with Crippen molar-refractivity contribution < 1.29 is 94.1 Å². The van der Waals surface area contributed by atoms with Crippen LogP contribution in [0.25, 0.3) is 0 Å². The van der Waals surface area contributed by atoms with Crippen molar-refractivity contribution in [3.63, 3.8) is 0 Å². The van der Waals surface area contributed by atoms with E-state index in [0.717, 1.165) is 6.92 Å². The van der Waals surface area contributed by atoms with E-state index in [4.69, 9.17) is 33.2 Å². The predicted octanol–water partition coefficient (Wildman–Crippen LogP) is -7.94. The van der Waals surface area contributed by atoms with E-state index in [0.29, 0.717) is 0 Å². The molecule has 4 heterocycles. The van der Waals surface area contributed by atoms with E-state index in [1.807, 2.05) is 0 Å². The molecule has 19 atom stereocenters. The fraction of sp³-hybridized carbons (Fsp3) is 0.960. The highest BCUT2D eigenvalue weighted by Crippen LogP contribution is 2.34. The largest absolute Gasteiger partial charge is 0.394 e. The average Bonchev–Trinajstić information content (AvgIpc) is 3.00. The lowest BCUT2D eigenvalue weighted by molar-refractivity contribution is -0.388. The van der Waals surface area contributed by atoms with Gasteiger partial charge < -0.3 is 94.6 Å². The third-order valence-corrected chi connectivity index (χ3v) is 8.18. The van der Waals surface area contributed by atoms with Crippen LogP contribution in [0.3, 0.4) is 0 Å². The third-order valence-electron chi connectivity index (χ3n) is 8.18. The number of ether oxygens (including phenoxy) is 7. The van der Waals surface area contributed by atoms with Crippen LogP contribution in [-0.4, -0.2) is 199 Å². The zero-order valence-corrected chi connectivity index (χ0v) is 24.3. The lowest BCUT2D eigenvalue weighted by Gasteiger charge is -2.50. The van der Waals surface area contributed by atoms with Crippen LogP contribution < -0.4 is 5.32 Å². The SMILES string of the molecule is CC(=O)N[C@@H]1[C@@H](O[C@@H]2O[C@H](CO)[C@H](O)[C@H](O)[C@H]2O[C@@H]2O[C@@H](C)[C@@H](O)[C@@H](O)[C@@H]2O)[C@H](O[C@@H]2OC[C@@H](O)[C@@H](O)[C@@H]2O)[C@@H](CO)O[C@H]1O. The Morgan fingerprint density at radius 1 is 0.667 bits per heavy atom. The molecule has 0 aromatic carbocycles. The van der Waals surface area contributed by atoms with Gasteiger partial charge in [-0.2, -0.15) is 0 Å². The number of carbonyl (C=O) groups excluding carboxylic acids is 1. The van der Waals surface area contributed by atoms with E-state index in [1.54, 1.807) is 0 Å². The van der Waals surface area contributed by atoms with Crippen LogP contribution in [0.2, 0.25) is 0 Å². The topological polar surface area (TPSA) is 316 Å². The molecule has 0 aliphatic carbocycles. The average molecular weight is 662 g/mol. The molecule has 0 aromatic rings. The maximum Gasteiger partial charge on any atom is 0.217 e. The predicted molar refractivity (Wildman–Crippen MR) is 138 cm³/mol. The molecule has 4 aliphatic heterocycles. The summed E-state index contributed by atoms with van der Waals surface area (Å²) in [6.07, 6.45) is -30.0. The molecule has 0 radical (unpaired) electrons. The van der Waals surface area contributed by atoms with Crippen molar-refractivity contribution in [3.05, 3.63) is 0 Å². The van der Waals surface area contributed by atoms with Crippen molar-refractivity contribution in [1.29, 1.82) is 0 Å². The second-order valence-corrected chi connectivity index (χ2v) is 11.4. The summed E-state index contributed by atoms with van der Waals surface area (Å²) in [5.41, 5.74) is 0. The standard InChI is InChI=1S/C25H43NO19/c1-6-12(31)15(34)18(37)24(40-6)45-21-16(35)14(33)9(3-27)42-25(21)44-20-11(26-7(2)29)22(38)41-10(4-28)19(20)43-23-17(36)13(32)8(30)5-39-23/h6,8-25,27-28,30-38H,3-5H2,1-2H3,(H,26,29)/t6-,8+,9+,10+,11+,12+,13+,14-,15+,16-,17-,18-,19+,20+,21+,22+,23-,24-,25-/m0/s1. The van der Waals surface area contributed by atoms with E-state index in [2.05, 4.69) is 5.32 Å². The van der Waals surface area contributed by atoms with Crippen LogP contribution in [0.15, 0.2) is 0 Å². The first-order valence-corrected chi connectivity index (χ1v) is 14.4. The van der Waals surface area contributed by atoms with Gasteiger partial charge in [0.1, 0.15) is 85.4 Å². The molecule has 12 N–H and O–H groups in total. The van der Waals surface area contributed by atoms with Crippen molar-refractivity contribution in [2.75, 3.05) is 19.8 Å². The summed E-state index contributed by atoms with van der Waals surface area (Å²) >= 11 is 0. The summed E-state index contributed by atoms with van der Waals surface area (Å²) in [6, 6.07) is -1.53. The molecule has 0 aromatic heterocycles. The molecule has 262 valence electrons. The number of aliphatic hydroxyl groups excluding tert-OH is 11. The molecular formula is C25H43NO19. The summed E-state index contributed by atoms with van der Waals surface area (Å²) in [5, 5.41) is 116. The summed E-state index contributed by atoms with van der Waals surface area (Å²) in [6.45, 7) is 0.301. The highest BCUT2D eigenvalue weighted by atomic mass is 16.8. The summed E-state index contributed by atoms with van der Waals surface area (Å²) in [5.74, 6) is -0.703. The van der Waals surface area contributed by atoms with Crippen molar-refractivity contribution in [2.45, 2.75) is 131 Å². The molecule has 0 spiro atoms. The number of amides is 1. The van der Waals surface area contributed by atoms with Crippen molar-refractivity contribution >= 4 is 5.91 Å². The Morgan fingerprint density at radius 3 is 1.89 bits per heavy atom. The van der Waals surface area contributed by atoms with Gasteiger partial charge in [0, 0.05) is 6.92 Å². The maximum atomic E-state index is 12.1. The van der Waals surface area contributed by atoms with Crippen molar-refractivity contribution in [1.82, 2.24) is 5.32 Å². The van der Waals surface area contributed by atoms with Crippen LogP contribution in [-0.2, 0) is 38.0 Å². The number of aliphatic hydroxyl groups is 11. The number of rotatable bonds is 9. The smallest absolute Gasteiger partial charge is 0.217 e. The minimum absolute atomic E-state index is 0.476. The Labute approximate surface area is 256 Å². The number of hydrogen-bond acceptors (Lipinski definition) is 19. The fourth-order valence-corrected chi connectivity index (χ4v) is 5.58. The molecule has 20 heteroatoms. The van der Waals surface area contributed by atoms with Crippen LogP contribution in [0.5, 0.6) is 0 Å². The first-order chi connectivity index (χ1) is 21.2. The van der Waals surface area contributed by atoms with Gasteiger partial charge in [-0.25, -0.2) is 0 Å². The Hall–Kier alpha value is -1.25. The van der Waals surface area contributed by atoms with Crippen LogP contribution in [0.1, 0.15) is 13.8 Å². The number of nitrogens with one attached hydrogen (secondary N) is 1. The molecule has 4 aliphatic rings. The number of hydrogen-bond donors (Lipinski definition) is 12. The van der Waals surface area contributed by atoms with E-state index < -0.39 is 142 Å². The highest BCUT2D eigenvalue weighted by Gasteiger charge is 2.55. The lowest BCUT2D eigenvalue weighted by Crippen LogP contribution is -2.70. The molecule has 45 heavy (non-hydrogen) atoms. The molecule has 1 amide bonds. The second-order valence-electron chi connectivity index (χ2n) is 11.4. The van der Waals surface area contributed by atoms with E-state index in [-0.39, 0.29) is 0 Å². The molecule has 4 fully saturated rings. The van der Waals surface area contributed by atoms with Crippen molar-refractivity contribution in [2.24, 2.45) is 0 Å². The summed E-state index contributed by atoms with van der Waals surface area (Å²) in [7, 11) is 0. The van der Waals surface area contributed by atoms with Gasteiger partial charge >= 0.3 is 0 Å². The van der Waals surface area contributed by atoms with E-state index >= 15 is 0 Å². The maximum absolute atomic E-state index is 12.1. The molecular weight excluding hydrogens is 618 g/mol. The lowest BCUT2D eigenvalue weighted by atomic mass is 9.94.